The Balaban J connectivity index is 0.00000205. The summed E-state index contributed by atoms with van der Waals surface area (Å²) in [6, 6.07) is 8.09. The molecule has 0 radical (unpaired) electrons. The molecule has 29 heavy (non-hydrogen) atoms. The minimum absolute atomic E-state index is 0. The number of nitrogens with zero attached hydrogens (tertiary/aromatic N) is 5. The van der Waals surface area contributed by atoms with Crippen molar-refractivity contribution in [2.24, 2.45) is 0 Å². The number of aromatic nitrogens is 4. The monoisotopic (exact) mass is 416 g/mol. The summed E-state index contributed by atoms with van der Waals surface area (Å²) in [5, 5.41) is 8.14. The van der Waals surface area contributed by atoms with Crippen LogP contribution in [-0.2, 0) is 17.9 Å². The maximum atomic E-state index is 13.2. The van der Waals surface area contributed by atoms with Crippen LogP contribution in [0, 0.1) is 5.82 Å². The highest BCUT2D eigenvalue weighted by Crippen LogP contribution is 2.31. The summed E-state index contributed by atoms with van der Waals surface area (Å²) in [5.74, 6) is 0.498. The Morgan fingerprint density at radius 2 is 2.03 bits per heavy atom. The summed E-state index contributed by atoms with van der Waals surface area (Å²) in [5.41, 5.74) is 2.70. The molecule has 1 fully saturated rings. The van der Waals surface area contributed by atoms with Crippen LogP contribution in [-0.4, -0.2) is 38.3 Å². The van der Waals surface area contributed by atoms with Crippen molar-refractivity contribution in [1.29, 1.82) is 0 Å². The summed E-state index contributed by atoms with van der Waals surface area (Å²) in [7, 11) is 0. The Labute approximate surface area is 173 Å². The van der Waals surface area contributed by atoms with Crippen molar-refractivity contribution in [1.82, 2.24) is 24.6 Å². The minimum atomic E-state index is -0.308. The van der Waals surface area contributed by atoms with Gasteiger partial charge in [0.25, 0.3) is 0 Å². The normalized spacial score (nSPS) is 19.0. The molecule has 2 aliphatic rings. The number of carbonyl (C=O) groups excluding carboxylic acids is 1. The third-order valence-electron chi connectivity index (χ3n) is 5.43. The number of hydrogen-bond donors (Lipinski definition) is 1. The predicted molar refractivity (Wildman–Crippen MR) is 109 cm³/mol. The molecule has 2 aromatic heterocycles. The molecule has 0 saturated carbocycles. The molecular weight excluding hydrogens is 395 g/mol. The van der Waals surface area contributed by atoms with Crippen LogP contribution >= 0.6 is 12.4 Å². The number of amides is 1. The van der Waals surface area contributed by atoms with E-state index in [1.54, 1.807) is 23.2 Å². The number of benzene rings is 1. The van der Waals surface area contributed by atoms with Gasteiger partial charge in [0.1, 0.15) is 11.5 Å². The molecule has 1 N–H and O–H groups in total. The molecule has 5 rings (SSSR count). The fourth-order valence-electron chi connectivity index (χ4n) is 4.02. The zero-order valence-electron chi connectivity index (χ0n) is 15.8. The van der Waals surface area contributed by atoms with E-state index in [4.69, 9.17) is 5.10 Å². The van der Waals surface area contributed by atoms with Crippen LogP contribution in [0.3, 0.4) is 0 Å². The smallest absolute Gasteiger partial charge is 0.229 e. The van der Waals surface area contributed by atoms with E-state index in [1.165, 1.54) is 12.1 Å². The first-order valence-corrected chi connectivity index (χ1v) is 9.55. The Morgan fingerprint density at radius 1 is 1.21 bits per heavy atom. The molecule has 2 aliphatic heterocycles. The summed E-state index contributed by atoms with van der Waals surface area (Å²) in [6.07, 6.45) is 5.09. The SMILES string of the molecule is Cl.O=C1CC(n2ccnc2-c2cc3n(n2)CCCNC3)CN1c1ccc(F)cc1. The van der Waals surface area contributed by atoms with Crippen molar-refractivity contribution in [3.63, 3.8) is 0 Å². The maximum Gasteiger partial charge on any atom is 0.229 e. The standard InChI is InChI=1S/C20H21FN6O.ClH/c21-14-2-4-15(5-3-14)26-13-17(11-19(26)28)25-9-7-23-20(25)18-10-16-12-22-6-1-8-27(16)24-18;/h2-5,7,9-10,17,22H,1,6,8,11-13H2;1H. The Morgan fingerprint density at radius 3 is 2.86 bits per heavy atom. The Kier molecular flexibility index (Phi) is 5.38. The van der Waals surface area contributed by atoms with Gasteiger partial charge < -0.3 is 14.8 Å². The minimum Gasteiger partial charge on any atom is -0.324 e. The van der Waals surface area contributed by atoms with Crippen molar-refractivity contribution >= 4 is 24.0 Å². The van der Waals surface area contributed by atoms with Crippen LogP contribution in [0.15, 0.2) is 42.7 Å². The van der Waals surface area contributed by atoms with Crippen LogP contribution in [0.1, 0.15) is 24.6 Å². The number of rotatable bonds is 3. The second-order valence-electron chi connectivity index (χ2n) is 7.27. The van der Waals surface area contributed by atoms with Crippen LogP contribution in [0.4, 0.5) is 10.1 Å². The average molecular weight is 417 g/mol. The second-order valence-corrected chi connectivity index (χ2v) is 7.27. The van der Waals surface area contributed by atoms with Crippen LogP contribution in [0.2, 0.25) is 0 Å². The van der Waals surface area contributed by atoms with E-state index in [0.717, 1.165) is 49.0 Å². The lowest BCUT2D eigenvalue weighted by atomic mass is 10.2. The zero-order valence-corrected chi connectivity index (χ0v) is 16.6. The van der Waals surface area contributed by atoms with Gasteiger partial charge in [-0.1, -0.05) is 0 Å². The Hall–Kier alpha value is -2.71. The molecule has 1 aromatic carbocycles. The lowest BCUT2D eigenvalue weighted by Gasteiger charge is -2.18. The first kappa shape index (κ1) is 19.6. The molecule has 0 spiro atoms. The quantitative estimate of drug-likeness (QED) is 0.713. The molecule has 0 bridgehead atoms. The van der Waals surface area contributed by atoms with Gasteiger partial charge in [0.05, 0.1) is 11.7 Å². The fraction of sp³-hybridized carbons (Fsp3) is 0.350. The lowest BCUT2D eigenvalue weighted by Crippen LogP contribution is -2.24. The van der Waals surface area contributed by atoms with E-state index in [0.29, 0.717) is 13.0 Å². The van der Waals surface area contributed by atoms with Gasteiger partial charge in [0.2, 0.25) is 5.91 Å². The average Bonchev–Trinajstić information content (AvgIpc) is 3.38. The van der Waals surface area contributed by atoms with Crippen molar-refractivity contribution in [3.8, 4) is 11.5 Å². The molecule has 1 unspecified atom stereocenters. The first-order chi connectivity index (χ1) is 13.7. The number of hydrogen-bond acceptors (Lipinski definition) is 4. The zero-order chi connectivity index (χ0) is 19.1. The van der Waals surface area contributed by atoms with Gasteiger partial charge in [0, 0.05) is 44.1 Å². The molecule has 1 saturated heterocycles. The molecule has 3 aromatic rings. The van der Waals surface area contributed by atoms with E-state index in [9.17, 15) is 9.18 Å². The third-order valence-corrected chi connectivity index (χ3v) is 5.43. The van der Waals surface area contributed by atoms with Gasteiger partial charge >= 0.3 is 0 Å². The maximum absolute atomic E-state index is 13.2. The molecule has 7 nitrogen and oxygen atoms in total. The predicted octanol–water partition coefficient (Wildman–Crippen LogP) is 2.78. The van der Waals surface area contributed by atoms with Gasteiger partial charge in [-0.05, 0) is 43.3 Å². The van der Waals surface area contributed by atoms with Crippen molar-refractivity contribution in [2.75, 3.05) is 18.0 Å². The number of nitrogens with one attached hydrogen (secondary N) is 1. The second kappa shape index (κ2) is 7.96. The highest BCUT2D eigenvalue weighted by atomic mass is 35.5. The van der Waals surface area contributed by atoms with Gasteiger partial charge in [0.15, 0.2) is 5.82 Å². The number of aryl methyl sites for hydroxylation is 1. The van der Waals surface area contributed by atoms with Gasteiger partial charge in [-0.3, -0.25) is 9.48 Å². The molecule has 0 aliphatic carbocycles. The highest BCUT2D eigenvalue weighted by molar-refractivity contribution is 5.96. The molecule has 152 valence electrons. The fourth-order valence-corrected chi connectivity index (χ4v) is 4.02. The topological polar surface area (TPSA) is 68.0 Å². The Bertz CT molecular complexity index is 991. The van der Waals surface area contributed by atoms with E-state index in [-0.39, 0.29) is 30.2 Å². The van der Waals surface area contributed by atoms with Crippen LogP contribution < -0.4 is 10.2 Å². The summed E-state index contributed by atoms with van der Waals surface area (Å²) in [6.45, 7) is 3.22. The molecule has 1 amide bonds. The molecule has 9 heteroatoms. The summed E-state index contributed by atoms with van der Waals surface area (Å²) in [4.78, 5) is 18.8. The number of carbonyl (C=O) groups is 1. The van der Waals surface area contributed by atoms with E-state index >= 15 is 0 Å². The third kappa shape index (κ3) is 3.65. The summed E-state index contributed by atoms with van der Waals surface area (Å²) < 4.78 is 17.3. The van der Waals surface area contributed by atoms with Crippen molar-refractivity contribution in [2.45, 2.75) is 32.0 Å². The molecular formula is C20H22ClFN6O. The highest BCUT2D eigenvalue weighted by Gasteiger charge is 2.33. The van der Waals surface area contributed by atoms with Gasteiger partial charge in [-0.25, -0.2) is 9.37 Å². The number of halogens is 2. The van der Waals surface area contributed by atoms with Crippen molar-refractivity contribution < 1.29 is 9.18 Å². The molecule has 1 atom stereocenters. The van der Waals surface area contributed by atoms with E-state index in [1.807, 2.05) is 15.4 Å². The van der Waals surface area contributed by atoms with Gasteiger partial charge in [-0.15, -0.1) is 12.4 Å². The summed E-state index contributed by atoms with van der Waals surface area (Å²) >= 11 is 0. The van der Waals surface area contributed by atoms with E-state index in [2.05, 4.69) is 16.4 Å². The van der Waals surface area contributed by atoms with Crippen molar-refractivity contribution in [3.05, 3.63) is 54.2 Å². The lowest BCUT2D eigenvalue weighted by molar-refractivity contribution is -0.117. The van der Waals surface area contributed by atoms with Crippen LogP contribution in [0.25, 0.3) is 11.5 Å². The first-order valence-electron chi connectivity index (χ1n) is 9.55. The van der Waals surface area contributed by atoms with Gasteiger partial charge in [-0.2, -0.15) is 5.10 Å². The number of anilines is 1. The number of fused-ring (bicyclic) bond motifs is 1. The van der Waals surface area contributed by atoms with E-state index < -0.39 is 0 Å². The number of imidazole rings is 1. The molecule has 4 heterocycles. The largest absolute Gasteiger partial charge is 0.324 e. The van der Waals surface area contributed by atoms with Crippen LogP contribution in [0.5, 0.6) is 0 Å².